The minimum absolute atomic E-state index is 0.0271. The summed E-state index contributed by atoms with van der Waals surface area (Å²) in [5, 5.41) is 12.0. The van der Waals surface area contributed by atoms with Crippen molar-refractivity contribution >= 4 is 23.6 Å². The molecule has 19 heavy (non-hydrogen) atoms. The lowest BCUT2D eigenvalue weighted by atomic mass is 10.1. The summed E-state index contributed by atoms with van der Waals surface area (Å²) in [5.74, 6) is -1.15. The van der Waals surface area contributed by atoms with Crippen LogP contribution < -0.4 is 5.32 Å². The van der Waals surface area contributed by atoms with Crippen molar-refractivity contribution in [1.29, 1.82) is 0 Å². The molecule has 0 fully saturated rings. The highest BCUT2D eigenvalue weighted by molar-refractivity contribution is 6.31. The number of urea groups is 1. The van der Waals surface area contributed by atoms with Crippen LogP contribution in [-0.4, -0.2) is 35.1 Å². The van der Waals surface area contributed by atoms with E-state index in [4.69, 9.17) is 11.6 Å². The molecular weight excluding hydrogens is 268 g/mol. The Balaban J connectivity index is 2.95. The molecule has 6 heteroatoms. The Bertz CT molecular complexity index is 477. The average Bonchev–Trinajstić information content (AvgIpc) is 2.35. The highest BCUT2D eigenvalue weighted by atomic mass is 35.5. The summed E-state index contributed by atoms with van der Waals surface area (Å²) in [4.78, 5) is 24.6. The SMILES string of the molecule is CC(C)N(C)C(=O)N[C@@H](C(=O)O)c1ccccc1Cl. The number of hydrogen-bond donors (Lipinski definition) is 2. The van der Waals surface area contributed by atoms with Gasteiger partial charge in [-0.2, -0.15) is 0 Å². The Kier molecular flexibility index (Phi) is 5.18. The first-order valence-corrected chi connectivity index (χ1v) is 6.23. The molecule has 0 bridgehead atoms. The van der Waals surface area contributed by atoms with Crippen LogP contribution in [-0.2, 0) is 4.79 Å². The van der Waals surface area contributed by atoms with Gasteiger partial charge in [-0.3, -0.25) is 0 Å². The van der Waals surface area contributed by atoms with Crippen molar-refractivity contribution < 1.29 is 14.7 Å². The number of nitrogens with one attached hydrogen (secondary N) is 1. The van der Waals surface area contributed by atoms with Gasteiger partial charge in [0.1, 0.15) is 0 Å². The quantitative estimate of drug-likeness (QED) is 0.892. The molecule has 0 spiro atoms. The standard InChI is InChI=1S/C13H17ClN2O3/c1-8(2)16(3)13(19)15-11(12(17)18)9-6-4-5-7-10(9)14/h4-8,11H,1-3H3,(H,15,19)(H,17,18)/t11-/m1/s1. The maximum atomic E-state index is 11.9. The van der Waals surface area contributed by atoms with Crippen LogP contribution in [0.25, 0.3) is 0 Å². The number of nitrogens with zero attached hydrogens (tertiary/aromatic N) is 1. The topological polar surface area (TPSA) is 69.6 Å². The van der Waals surface area contributed by atoms with E-state index < -0.39 is 18.0 Å². The number of rotatable bonds is 4. The van der Waals surface area contributed by atoms with Crippen LogP contribution in [0.5, 0.6) is 0 Å². The van der Waals surface area contributed by atoms with Gasteiger partial charge in [0.05, 0.1) is 0 Å². The third-order valence-electron chi connectivity index (χ3n) is 2.83. The zero-order valence-electron chi connectivity index (χ0n) is 11.1. The van der Waals surface area contributed by atoms with Crippen LogP contribution in [0, 0.1) is 0 Å². The van der Waals surface area contributed by atoms with Crippen LogP contribution >= 0.6 is 11.6 Å². The maximum Gasteiger partial charge on any atom is 0.331 e. The molecule has 2 N–H and O–H groups in total. The predicted octanol–water partition coefficient (Wildman–Crippen LogP) is 2.52. The molecule has 1 aromatic carbocycles. The molecule has 0 radical (unpaired) electrons. The fourth-order valence-corrected chi connectivity index (χ4v) is 1.69. The van der Waals surface area contributed by atoms with Crippen LogP contribution in [0.15, 0.2) is 24.3 Å². The van der Waals surface area contributed by atoms with Gasteiger partial charge < -0.3 is 15.3 Å². The first kappa shape index (κ1) is 15.3. The molecule has 0 saturated carbocycles. The first-order chi connectivity index (χ1) is 8.84. The Morgan fingerprint density at radius 1 is 1.32 bits per heavy atom. The molecule has 0 unspecified atom stereocenters. The van der Waals surface area contributed by atoms with Crippen molar-refractivity contribution in [3.05, 3.63) is 34.9 Å². The maximum absolute atomic E-state index is 11.9. The molecule has 1 atom stereocenters. The van der Waals surface area contributed by atoms with E-state index in [2.05, 4.69) is 5.32 Å². The lowest BCUT2D eigenvalue weighted by molar-refractivity contribution is -0.139. The second-order valence-corrected chi connectivity index (χ2v) is 4.85. The van der Waals surface area contributed by atoms with Crippen molar-refractivity contribution in [2.24, 2.45) is 0 Å². The average molecular weight is 285 g/mol. The molecule has 1 rings (SSSR count). The Morgan fingerprint density at radius 2 is 1.89 bits per heavy atom. The third kappa shape index (κ3) is 3.86. The lowest BCUT2D eigenvalue weighted by Gasteiger charge is -2.24. The molecule has 0 aromatic heterocycles. The number of carboxylic acids is 1. The first-order valence-electron chi connectivity index (χ1n) is 5.85. The van der Waals surface area contributed by atoms with Gasteiger partial charge in [-0.15, -0.1) is 0 Å². The number of carbonyl (C=O) groups is 2. The molecule has 5 nitrogen and oxygen atoms in total. The summed E-state index contributed by atoms with van der Waals surface area (Å²) in [5.41, 5.74) is 0.363. The molecule has 0 saturated heterocycles. The van der Waals surface area contributed by atoms with Gasteiger partial charge in [-0.05, 0) is 19.9 Å². The summed E-state index contributed by atoms with van der Waals surface area (Å²) in [6.45, 7) is 3.68. The molecule has 104 valence electrons. The van der Waals surface area contributed by atoms with Gasteiger partial charge in [-0.25, -0.2) is 9.59 Å². The zero-order valence-corrected chi connectivity index (χ0v) is 11.8. The van der Waals surface area contributed by atoms with Crippen LogP contribution in [0.2, 0.25) is 5.02 Å². The molecule has 0 aliphatic carbocycles. The second-order valence-electron chi connectivity index (χ2n) is 4.45. The number of aliphatic carboxylic acids is 1. The van der Waals surface area contributed by atoms with E-state index in [9.17, 15) is 14.7 Å². The van der Waals surface area contributed by atoms with E-state index >= 15 is 0 Å². The van der Waals surface area contributed by atoms with Gasteiger partial charge in [0.25, 0.3) is 0 Å². The fraction of sp³-hybridized carbons (Fsp3) is 0.385. The number of carbonyl (C=O) groups excluding carboxylic acids is 1. The van der Waals surface area contributed by atoms with Gasteiger partial charge in [0, 0.05) is 23.7 Å². The summed E-state index contributed by atoms with van der Waals surface area (Å²) >= 11 is 5.96. The number of amides is 2. The molecule has 0 heterocycles. The fourth-order valence-electron chi connectivity index (χ4n) is 1.44. The van der Waals surface area contributed by atoms with E-state index in [1.807, 2.05) is 13.8 Å². The van der Waals surface area contributed by atoms with Crippen molar-refractivity contribution in [3.63, 3.8) is 0 Å². The number of carboxylic acid groups (broad SMARTS) is 1. The van der Waals surface area contributed by atoms with Gasteiger partial charge in [-0.1, -0.05) is 29.8 Å². The summed E-state index contributed by atoms with van der Waals surface area (Å²) in [6, 6.07) is 4.90. The zero-order chi connectivity index (χ0) is 14.6. The minimum Gasteiger partial charge on any atom is -0.479 e. The molecule has 0 aliphatic rings. The molecule has 1 aromatic rings. The summed E-state index contributed by atoms with van der Waals surface area (Å²) in [7, 11) is 1.60. The van der Waals surface area contributed by atoms with Crippen molar-refractivity contribution in [3.8, 4) is 0 Å². The molecular formula is C13H17ClN2O3. The Morgan fingerprint density at radius 3 is 2.37 bits per heavy atom. The molecule has 2 amide bonds. The Labute approximate surface area is 117 Å². The van der Waals surface area contributed by atoms with E-state index in [-0.39, 0.29) is 6.04 Å². The summed E-state index contributed by atoms with van der Waals surface area (Å²) in [6.07, 6.45) is 0. The molecule has 0 aliphatic heterocycles. The smallest absolute Gasteiger partial charge is 0.331 e. The third-order valence-corrected chi connectivity index (χ3v) is 3.17. The lowest BCUT2D eigenvalue weighted by Crippen LogP contribution is -2.44. The van der Waals surface area contributed by atoms with Gasteiger partial charge in [0.15, 0.2) is 6.04 Å². The van der Waals surface area contributed by atoms with Crippen LogP contribution in [0.1, 0.15) is 25.5 Å². The highest BCUT2D eigenvalue weighted by Crippen LogP contribution is 2.23. The van der Waals surface area contributed by atoms with Crippen molar-refractivity contribution in [2.45, 2.75) is 25.9 Å². The van der Waals surface area contributed by atoms with E-state index in [0.717, 1.165) is 0 Å². The Hall–Kier alpha value is -1.75. The van der Waals surface area contributed by atoms with E-state index in [1.165, 1.54) is 4.90 Å². The minimum atomic E-state index is -1.16. The largest absolute Gasteiger partial charge is 0.479 e. The predicted molar refractivity (Wildman–Crippen MR) is 73.3 cm³/mol. The number of halogens is 1. The normalized spacial score (nSPS) is 12.1. The van der Waals surface area contributed by atoms with Gasteiger partial charge >= 0.3 is 12.0 Å². The second kappa shape index (κ2) is 6.43. The summed E-state index contributed by atoms with van der Waals surface area (Å²) < 4.78 is 0. The van der Waals surface area contributed by atoms with Crippen molar-refractivity contribution in [1.82, 2.24) is 10.2 Å². The van der Waals surface area contributed by atoms with E-state index in [0.29, 0.717) is 10.6 Å². The number of hydrogen-bond acceptors (Lipinski definition) is 2. The van der Waals surface area contributed by atoms with E-state index in [1.54, 1.807) is 31.3 Å². The van der Waals surface area contributed by atoms with Gasteiger partial charge in [0.2, 0.25) is 0 Å². The van der Waals surface area contributed by atoms with Crippen LogP contribution in [0.3, 0.4) is 0 Å². The number of benzene rings is 1. The van der Waals surface area contributed by atoms with Crippen molar-refractivity contribution in [2.75, 3.05) is 7.05 Å². The highest BCUT2D eigenvalue weighted by Gasteiger charge is 2.25. The van der Waals surface area contributed by atoms with Crippen LogP contribution in [0.4, 0.5) is 4.79 Å². The monoisotopic (exact) mass is 284 g/mol.